The predicted octanol–water partition coefficient (Wildman–Crippen LogP) is 2.80. The number of carbonyl (C=O) groups excluding carboxylic acids is 1. The van der Waals surface area contributed by atoms with Crippen LogP contribution < -0.4 is 15.4 Å². The molecule has 3 atom stereocenters. The average molecular weight is 428 g/mol. The second-order valence-corrected chi connectivity index (χ2v) is 6.88. The van der Waals surface area contributed by atoms with Crippen molar-refractivity contribution in [1.82, 2.24) is 10.6 Å². The van der Waals surface area contributed by atoms with Crippen molar-refractivity contribution < 1.29 is 32.5 Å². The van der Waals surface area contributed by atoms with E-state index in [0.717, 1.165) is 0 Å². The van der Waals surface area contributed by atoms with Crippen LogP contribution in [0.3, 0.4) is 0 Å². The van der Waals surface area contributed by atoms with E-state index in [9.17, 15) is 23.1 Å². The van der Waals surface area contributed by atoms with E-state index in [1.54, 1.807) is 36.4 Å². The number of halogens is 3. The number of benzene rings is 2. The second kappa shape index (κ2) is 7.68. The molecule has 2 aromatic carbocycles. The molecule has 1 aliphatic heterocycles. The summed E-state index contributed by atoms with van der Waals surface area (Å²) < 4.78 is 51.9. The van der Waals surface area contributed by atoms with Crippen LogP contribution in [0.1, 0.15) is 18.5 Å². The molecule has 29 heavy (non-hydrogen) atoms. The lowest BCUT2D eigenvalue weighted by atomic mass is 9.80. The number of esters is 1. The van der Waals surface area contributed by atoms with Crippen molar-refractivity contribution >= 4 is 34.1 Å². The number of thiocarbonyl (C=S) groups is 1. The Balaban J connectivity index is 2.29. The van der Waals surface area contributed by atoms with Crippen LogP contribution in [0.4, 0.5) is 13.2 Å². The van der Waals surface area contributed by atoms with Gasteiger partial charge in [-0.25, -0.2) is 0 Å². The Morgan fingerprint density at radius 1 is 1.28 bits per heavy atom. The van der Waals surface area contributed by atoms with Crippen LogP contribution in [0.5, 0.6) is 5.75 Å². The fraction of sp³-hybridized carbons (Fsp3) is 0.368. The van der Waals surface area contributed by atoms with Crippen molar-refractivity contribution in [2.45, 2.75) is 24.9 Å². The molecule has 156 valence electrons. The van der Waals surface area contributed by atoms with E-state index in [2.05, 4.69) is 5.32 Å². The first kappa shape index (κ1) is 21.1. The Labute approximate surface area is 170 Å². The number of carbonyl (C=O) groups is 1. The molecule has 10 heteroatoms. The lowest BCUT2D eigenvalue weighted by Crippen LogP contribution is -2.73. The highest BCUT2D eigenvalue weighted by Crippen LogP contribution is 2.46. The molecule has 0 bridgehead atoms. The summed E-state index contributed by atoms with van der Waals surface area (Å²) in [5.41, 5.74) is -3.37. The minimum absolute atomic E-state index is 0.160. The summed E-state index contributed by atoms with van der Waals surface area (Å²) in [5, 5.41) is 15.9. The van der Waals surface area contributed by atoms with E-state index in [4.69, 9.17) is 21.7 Å². The summed E-state index contributed by atoms with van der Waals surface area (Å²) >= 11 is 4.93. The summed E-state index contributed by atoms with van der Waals surface area (Å²) in [6.45, 7) is 1.31. The van der Waals surface area contributed by atoms with Crippen LogP contribution in [-0.4, -0.2) is 41.8 Å². The number of alkyl halides is 3. The quantitative estimate of drug-likeness (QED) is 0.511. The number of aliphatic hydroxyl groups is 1. The van der Waals surface area contributed by atoms with Gasteiger partial charge >= 0.3 is 12.1 Å². The minimum Gasteiger partial charge on any atom is -0.496 e. The van der Waals surface area contributed by atoms with Crippen LogP contribution in [-0.2, 0) is 9.53 Å². The van der Waals surface area contributed by atoms with Crippen LogP contribution >= 0.6 is 12.2 Å². The molecule has 3 N–H and O–H groups in total. The summed E-state index contributed by atoms with van der Waals surface area (Å²) in [5.74, 6) is -3.08. The third-order valence-corrected chi connectivity index (χ3v) is 5.03. The van der Waals surface area contributed by atoms with Gasteiger partial charge in [-0.3, -0.25) is 4.79 Å². The summed E-state index contributed by atoms with van der Waals surface area (Å²) in [7, 11) is 1.36. The molecule has 1 fully saturated rings. The highest BCUT2D eigenvalue weighted by atomic mass is 32.1. The standard InChI is InChI=1S/C19H19F3N2O4S/c1-3-28-16(25)14-15(23-17(29)24-18(14,26)19(20,21)22)13-11-7-5-4-6-10(11)8-9-12(13)27-2/h4-9,14-15,26H,3H2,1-2H3,(H2,23,24,29)/t14-,15-,18+/m0/s1. The molecule has 0 aliphatic carbocycles. The first-order valence-corrected chi connectivity index (χ1v) is 9.15. The monoisotopic (exact) mass is 428 g/mol. The van der Waals surface area contributed by atoms with Gasteiger partial charge in [-0.2, -0.15) is 13.2 Å². The summed E-state index contributed by atoms with van der Waals surface area (Å²) in [4.78, 5) is 12.6. The molecule has 0 saturated carbocycles. The Bertz CT molecular complexity index is 953. The predicted molar refractivity (Wildman–Crippen MR) is 103 cm³/mol. The van der Waals surface area contributed by atoms with E-state index in [1.165, 1.54) is 14.0 Å². The van der Waals surface area contributed by atoms with Gasteiger partial charge in [0.2, 0.25) is 0 Å². The lowest BCUT2D eigenvalue weighted by Gasteiger charge is -2.45. The molecule has 0 spiro atoms. The van der Waals surface area contributed by atoms with Crippen molar-refractivity contribution in [3.63, 3.8) is 0 Å². The molecule has 0 amide bonds. The molecule has 1 aliphatic rings. The topological polar surface area (TPSA) is 79.8 Å². The lowest BCUT2D eigenvalue weighted by molar-refractivity contribution is -0.292. The molecule has 6 nitrogen and oxygen atoms in total. The summed E-state index contributed by atoms with van der Waals surface area (Å²) in [6.07, 6.45) is -5.22. The van der Waals surface area contributed by atoms with Crippen molar-refractivity contribution in [3.8, 4) is 5.75 Å². The number of methoxy groups -OCH3 is 1. The molecule has 1 heterocycles. The van der Waals surface area contributed by atoms with E-state index in [0.29, 0.717) is 10.8 Å². The normalized spacial score (nSPS) is 24.6. The van der Waals surface area contributed by atoms with Gasteiger partial charge in [0.05, 0.1) is 19.8 Å². The van der Waals surface area contributed by atoms with Crippen molar-refractivity contribution in [1.29, 1.82) is 0 Å². The van der Waals surface area contributed by atoms with Crippen LogP contribution in [0.25, 0.3) is 10.8 Å². The van der Waals surface area contributed by atoms with Gasteiger partial charge in [0.1, 0.15) is 11.7 Å². The van der Waals surface area contributed by atoms with Gasteiger partial charge in [0.25, 0.3) is 5.72 Å². The van der Waals surface area contributed by atoms with Gasteiger partial charge in [0, 0.05) is 5.56 Å². The number of rotatable bonds is 4. The molecular formula is C19H19F3N2O4S. The number of ether oxygens (including phenoxy) is 2. The molecule has 0 aromatic heterocycles. The molecule has 0 unspecified atom stereocenters. The van der Waals surface area contributed by atoms with Gasteiger partial charge < -0.3 is 25.2 Å². The smallest absolute Gasteiger partial charge is 0.437 e. The number of fused-ring (bicyclic) bond motifs is 1. The molecule has 0 radical (unpaired) electrons. The molecule has 1 saturated heterocycles. The van der Waals surface area contributed by atoms with Crippen molar-refractivity contribution in [2.24, 2.45) is 5.92 Å². The molecule has 3 rings (SSSR count). The number of hydrogen-bond acceptors (Lipinski definition) is 5. The largest absolute Gasteiger partial charge is 0.496 e. The Kier molecular flexibility index (Phi) is 5.59. The van der Waals surface area contributed by atoms with Crippen molar-refractivity contribution in [3.05, 3.63) is 42.0 Å². The maximum Gasteiger partial charge on any atom is 0.437 e. The zero-order valence-corrected chi connectivity index (χ0v) is 16.4. The highest BCUT2D eigenvalue weighted by molar-refractivity contribution is 7.80. The molecular weight excluding hydrogens is 409 g/mol. The van der Waals surface area contributed by atoms with Crippen LogP contribution in [0.15, 0.2) is 36.4 Å². The van der Waals surface area contributed by atoms with E-state index < -0.39 is 34.9 Å². The highest BCUT2D eigenvalue weighted by Gasteiger charge is 2.66. The zero-order chi connectivity index (χ0) is 21.4. The maximum absolute atomic E-state index is 13.9. The van der Waals surface area contributed by atoms with Crippen molar-refractivity contribution in [2.75, 3.05) is 13.7 Å². The first-order chi connectivity index (χ1) is 13.6. The van der Waals surface area contributed by atoms with Gasteiger partial charge in [0.15, 0.2) is 5.11 Å². The number of hydrogen-bond donors (Lipinski definition) is 3. The van der Waals surface area contributed by atoms with Crippen LogP contribution in [0, 0.1) is 5.92 Å². The second-order valence-electron chi connectivity index (χ2n) is 6.47. The van der Waals surface area contributed by atoms with E-state index in [-0.39, 0.29) is 17.9 Å². The van der Waals surface area contributed by atoms with Gasteiger partial charge in [-0.15, -0.1) is 0 Å². The third-order valence-electron chi connectivity index (χ3n) is 4.81. The Hall–Kier alpha value is -2.59. The molecule has 2 aromatic rings. The average Bonchev–Trinajstić information content (AvgIpc) is 2.65. The Morgan fingerprint density at radius 2 is 1.97 bits per heavy atom. The minimum atomic E-state index is -5.22. The Morgan fingerprint density at radius 3 is 2.59 bits per heavy atom. The first-order valence-electron chi connectivity index (χ1n) is 8.74. The van der Waals surface area contributed by atoms with E-state index in [1.807, 2.05) is 5.32 Å². The van der Waals surface area contributed by atoms with E-state index >= 15 is 0 Å². The van der Waals surface area contributed by atoms with Gasteiger partial charge in [-0.05, 0) is 36.0 Å². The van der Waals surface area contributed by atoms with Gasteiger partial charge in [-0.1, -0.05) is 30.3 Å². The van der Waals surface area contributed by atoms with Crippen LogP contribution in [0.2, 0.25) is 0 Å². The number of nitrogens with one attached hydrogen (secondary N) is 2. The third kappa shape index (κ3) is 3.58. The SMILES string of the molecule is CCOC(=O)[C@@H]1[C@H](c2c(OC)ccc3ccccc23)NC(=S)N[C@]1(O)C(F)(F)F. The maximum atomic E-state index is 13.9. The summed E-state index contributed by atoms with van der Waals surface area (Å²) in [6, 6.07) is 8.90. The fourth-order valence-electron chi connectivity index (χ4n) is 3.55. The fourth-order valence-corrected chi connectivity index (χ4v) is 3.83. The zero-order valence-electron chi connectivity index (χ0n) is 15.5.